The molecule has 3 rings (SSSR count). The van der Waals surface area contributed by atoms with Crippen LogP contribution in [0.5, 0.6) is 0 Å². The van der Waals surface area contributed by atoms with Crippen LogP contribution in [0.2, 0.25) is 0 Å². The Balaban J connectivity index is 1.60. The first kappa shape index (κ1) is 19.6. The first-order valence-corrected chi connectivity index (χ1v) is 10.3. The van der Waals surface area contributed by atoms with Gasteiger partial charge in [0.15, 0.2) is 0 Å². The van der Waals surface area contributed by atoms with Gasteiger partial charge in [-0.25, -0.2) is 0 Å². The van der Waals surface area contributed by atoms with Gasteiger partial charge in [-0.3, -0.25) is 14.5 Å². The van der Waals surface area contributed by atoms with Gasteiger partial charge < -0.3 is 10.6 Å². The van der Waals surface area contributed by atoms with Crippen LogP contribution in [0.25, 0.3) is 0 Å². The van der Waals surface area contributed by atoms with Gasteiger partial charge >= 0.3 is 0 Å². The molecule has 5 nitrogen and oxygen atoms in total. The largest absolute Gasteiger partial charge is 0.359 e. The van der Waals surface area contributed by atoms with E-state index in [1.165, 1.54) is 5.56 Å². The van der Waals surface area contributed by atoms with Crippen molar-refractivity contribution in [3.63, 3.8) is 0 Å². The fourth-order valence-corrected chi connectivity index (χ4v) is 4.30. The average molecular weight is 386 g/mol. The molecule has 1 aromatic carbocycles. The highest BCUT2D eigenvalue weighted by Crippen LogP contribution is 2.26. The highest BCUT2D eigenvalue weighted by atomic mass is 32.1. The van der Waals surface area contributed by atoms with Crippen LogP contribution in [-0.2, 0) is 9.59 Å². The smallest absolute Gasteiger partial charge is 0.234 e. The van der Waals surface area contributed by atoms with Crippen molar-refractivity contribution in [1.29, 1.82) is 0 Å². The molecule has 1 fully saturated rings. The van der Waals surface area contributed by atoms with Gasteiger partial charge in [-0.05, 0) is 49.9 Å². The second-order valence-corrected chi connectivity index (χ2v) is 8.07. The average Bonchev–Trinajstić information content (AvgIpc) is 3.21. The lowest BCUT2D eigenvalue weighted by atomic mass is 9.96. The molecular formula is C21H27N3O2S. The minimum atomic E-state index is -0.124. The SMILES string of the molecule is CNC(=O)C1CCN(CC(=O)NC(c2ccc(C)cc2)c2cccs2)CC1. The van der Waals surface area contributed by atoms with Crippen LogP contribution < -0.4 is 10.6 Å². The maximum atomic E-state index is 12.7. The molecule has 1 aromatic heterocycles. The Hall–Kier alpha value is -2.18. The van der Waals surface area contributed by atoms with Crippen LogP contribution in [0.15, 0.2) is 41.8 Å². The van der Waals surface area contributed by atoms with Crippen molar-refractivity contribution < 1.29 is 9.59 Å². The highest BCUT2D eigenvalue weighted by Gasteiger charge is 2.26. The number of hydrogen-bond acceptors (Lipinski definition) is 4. The molecule has 1 saturated heterocycles. The predicted molar refractivity (Wildman–Crippen MR) is 109 cm³/mol. The van der Waals surface area contributed by atoms with Crippen LogP contribution in [0, 0.1) is 12.8 Å². The standard InChI is InChI=1S/C21H27N3O2S/c1-15-5-7-16(8-6-15)20(18-4-3-13-27-18)23-19(25)14-24-11-9-17(10-12-24)21(26)22-2/h3-8,13,17,20H,9-12,14H2,1-2H3,(H,22,26)(H,23,25). The topological polar surface area (TPSA) is 61.4 Å². The summed E-state index contributed by atoms with van der Waals surface area (Å²) in [5.74, 6) is 0.198. The van der Waals surface area contributed by atoms with Crippen molar-refractivity contribution in [1.82, 2.24) is 15.5 Å². The number of aryl methyl sites for hydroxylation is 1. The second-order valence-electron chi connectivity index (χ2n) is 7.09. The monoisotopic (exact) mass is 385 g/mol. The number of carbonyl (C=O) groups is 2. The summed E-state index contributed by atoms with van der Waals surface area (Å²) in [7, 11) is 1.68. The van der Waals surface area contributed by atoms with E-state index in [1.54, 1.807) is 18.4 Å². The molecule has 2 amide bonds. The molecule has 0 spiro atoms. The normalized spacial score (nSPS) is 16.7. The minimum absolute atomic E-state index is 0.0207. The summed E-state index contributed by atoms with van der Waals surface area (Å²) in [5, 5.41) is 7.95. The van der Waals surface area contributed by atoms with E-state index in [9.17, 15) is 9.59 Å². The van der Waals surface area contributed by atoms with E-state index >= 15 is 0 Å². The summed E-state index contributed by atoms with van der Waals surface area (Å²) in [6.45, 7) is 3.98. The van der Waals surface area contributed by atoms with Gasteiger partial charge in [-0.15, -0.1) is 11.3 Å². The summed E-state index contributed by atoms with van der Waals surface area (Å²) in [5.41, 5.74) is 2.30. The number of amides is 2. The Morgan fingerprint density at radius 1 is 1.19 bits per heavy atom. The summed E-state index contributed by atoms with van der Waals surface area (Å²) in [6.07, 6.45) is 1.61. The molecule has 1 aliphatic heterocycles. The Bertz CT molecular complexity index is 750. The summed E-state index contributed by atoms with van der Waals surface area (Å²) in [6, 6.07) is 12.3. The lowest BCUT2D eigenvalue weighted by Gasteiger charge is -2.31. The molecule has 0 radical (unpaired) electrons. The zero-order chi connectivity index (χ0) is 19.2. The first-order chi connectivity index (χ1) is 13.1. The third-order valence-electron chi connectivity index (χ3n) is 5.12. The molecule has 2 heterocycles. The van der Waals surface area contributed by atoms with Gasteiger partial charge in [0, 0.05) is 17.8 Å². The predicted octanol–water partition coefficient (Wildman–Crippen LogP) is 2.72. The summed E-state index contributed by atoms with van der Waals surface area (Å²) < 4.78 is 0. The van der Waals surface area contributed by atoms with Crippen LogP contribution >= 0.6 is 11.3 Å². The molecular weight excluding hydrogens is 358 g/mol. The number of nitrogens with zero attached hydrogens (tertiary/aromatic N) is 1. The molecule has 2 aromatic rings. The van der Waals surface area contributed by atoms with Crippen molar-refractivity contribution in [2.75, 3.05) is 26.7 Å². The molecule has 1 aliphatic rings. The van der Waals surface area contributed by atoms with Gasteiger partial charge in [0.05, 0.1) is 12.6 Å². The molecule has 1 atom stereocenters. The number of rotatable bonds is 6. The van der Waals surface area contributed by atoms with Crippen LogP contribution in [-0.4, -0.2) is 43.4 Å². The van der Waals surface area contributed by atoms with Crippen LogP contribution in [0.4, 0.5) is 0 Å². The molecule has 27 heavy (non-hydrogen) atoms. The maximum absolute atomic E-state index is 12.7. The van der Waals surface area contributed by atoms with Gasteiger partial charge in [-0.2, -0.15) is 0 Å². The van der Waals surface area contributed by atoms with E-state index in [1.807, 2.05) is 11.4 Å². The van der Waals surface area contributed by atoms with E-state index < -0.39 is 0 Å². The maximum Gasteiger partial charge on any atom is 0.234 e. The number of piperidine rings is 1. The van der Waals surface area contributed by atoms with Crippen molar-refractivity contribution in [3.8, 4) is 0 Å². The Kier molecular flexibility index (Phi) is 6.63. The molecule has 0 bridgehead atoms. The minimum Gasteiger partial charge on any atom is -0.359 e. The zero-order valence-corrected chi connectivity index (χ0v) is 16.7. The molecule has 1 unspecified atom stereocenters. The fraction of sp³-hybridized carbons (Fsp3) is 0.429. The van der Waals surface area contributed by atoms with Crippen molar-refractivity contribution >= 4 is 23.2 Å². The fourth-order valence-electron chi connectivity index (χ4n) is 3.50. The van der Waals surface area contributed by atoms with Gasteiger partial charge in [0.1, 0.15) is 0 Å². The quantitative estimate of drug-likeness (QED) is 0.804. The summed E-state index contributed by atoms with van der Waals surface area (Å²) >= 11 is 1.65. The molecule has 144 valence electrons. The van der Waals surface area contributed by atoms with Gasteiger partial charge in [0.25, 0.3) is 0 Å². The van der Waals surface area contributed by atoms with Gasteiger partial charge in [-0.1, -0.05) is 35.9 Å². The number of thiophene rings is 1. The third-order valence-corrected chi connectivity index (χ3v) is 6.05. The Morgan fingerprint density at radius 3 is 2.48 bits per heavy atom. The third kappa shape index (κ3) is 5.17. The molecule has 0 saturated carbocycles. The van der Waals surface area contributed by atoms with Crippen molar-refractivity contribution in [3.05, 3.63) is 57.8 Å². The number of hydrogen-bond donors (Lipinski definition) is 2. The van der Waals surface area contributed by atoms with E-state index in [0.717, 1.165) is 36.4 Å². The Morgan fingerprint density at radius 2 is 1.89 bits per heavy atom. The van der Waals surface area contributed by atoms with E-state index in [2.05, 4.69) is 52.8 Å². The first-order valence-electron chi connectivity index (χ1n) is 9.40. The van der Waals surface area contributed by atoms with Crippen molar-refractivity contribution in [2.45, 2.75) is 25.8 Å². The molecule has 2 N–H and O–H groups in total. The number of carbonyl (C=O) groups excluding carboxylic acids is 2. The number of benzene rings is 1. The lowest BCUT2D eigenvalue weighted by molar-refractivity contribution is -0.126. The number of likely N-dealkylation sites (tertiary alicyclic amines) is 1. The summed E-state index contributed by atoms with van der Waals surface area (Å²) in [4.78, 5) is 27.7. The van der Waals surface area contributed by atoms with Crippen LogP contribution in [0.3, 0.4) is 0 Å². The molecule has 0 aliphatic carbocycles. The van der Waals surface area contributed by atoms with Gasteiger partial charge in [0.2, 0.25) is 11.8 Å². The van der Waals surface area contributed by atoms with E-state index in [-0.39, 0.29) is 23.8 Å². The van der Waals surface area contributed by atoms with Crippen molar-refractivity contribution in [2.24, 2.45) is 5.92 Å². The number of nitrogens with one attached hydrogen (secondary N) is 2. The van der Waals surface area contributed by atoms with E-state index in [4.69, 9.17) is 0 Å². The van der Waals surface area contributed by atoms with E-state index in [0.29, 0.717) is 6.54 Å². The lowest BCUT2D eigenvalue weighted by Crippen LogP contribution is -2.44. The van der Waals surface area contributed by atoms with Crippen LogP contribution in [0.1, 0.15) is 34.9 Å². The second kappa shape index (κ2) is 9.15. The Labute approximate surface area is 164 Å². The zero-order valence-electron chi connectivity index (χ0n) is 15.9. The highest BCUT2D eigenvalue weighted by molar-refractivity contribution is 7.10. The molecule has 6 heteroatoms.